The van der Waals surface area contributed by atoms with Gasteiger partial charge in [0.1, 0.15) is 0 Å². The first kappa shape index (κ1) is 12.1. The van der Waals surface area contributed by atoms with Crippen LogP contribution in [0.3, 0.4) is 0 Å². The van der Waals surface area contributed by atoms with Crippen molar-refractivity contribution in [2.45, 2.75) is 66.2 Å². The Labute approximate surface area is 90.5 Å². The van der Waals surface area contributed by atoms with Crippen molar-refractivity contribution in [3.8, 4) is 0 Å². The van der Waals surface area contributed by atoms with Crippen molar-refractivity contribution in [2.24, 2.45) is 23.7 Å². The van der Waals surface area contributed by atoms with Gasteiger partial charge >= 0.3 is 0 Å². The molecular formula is C14H28. The van der Waals surface area contributed by atoms with Crippen molar-refractivity contribution in [2.75, 3.05) is 0 Å². The number of hydrogen-bond acceptors (Lipinski definition) is 0. The summed E-state index contributed by atoms with van der Waals surface area (Å²) in [5.41, 5.74) is 0. The zero-order chi connectivity index (χ0) is 10.6. The molecule has 0 radical (unpaired) electrons. The van der Waals surface area contributed by atoms with E-state index in [0.29, 0.717) is 0 Å². The molecule has 0 N–H and O–H groups in total. The van der Waals surface area contributed by atoms with E-state index in [2.05, 4.69) is 27.7 Å². The van der Waals surface area contributed by atoms with Crippen LogP contribution in [0.1, 0.15) is 66.2 Å². The summed E-state index contributed by atoms with van der Waals surface area (Å²) in [4.78, 5) is 0. The lowest BCUT2D eigenvalue weighted by Crippen LogP contribution is -2.28. The molecule has 1 saturated carbocycles. The molecule has 84 valence electrons. The van der Waals surface area contributed by atoms with Gasteiger partial charge in [0.25, 0.3) is 0 Å². The van der Waals surface area contributed by atoms with Crippen molar-refractivity contribution in [3.63, 3.8) is 0 Å². The van der Waals surface area contributed by atoms with E-state index in [-0.39, 0.29) is 0 Å². The summed E-state index contributed by atoms with van der Waals surface area (Å²) in [6.45, 7) is 9.64. The Morgan fingerprint density at radius 1 is 1.14 bits per heavy atom. The molecule has 0 nitrogen and oxygen atoms in total. The molecular weight excluding hydrogens is 168 g/mol. The van der Waals surface area contributed by atoms with Crippen LogP contribution in [0.2, 0.25) is 0 Å². The van der Waals surface area contributed by atoms with E-state index in [4.69, 9.17) is 0 Å². The quantitative estimate of drug-likeness (QED) is 0.601. The number of hydrogen-bond donors (Lipinski definition) is 0. The van der Waals surface area contributed by atoms with Crippen molar-refractivity contribution in [3.05, 3.63) is 0 Å². The molecule has 1 rings (SSSR count). The third-order valence-electron chi connectivity index (χ3n) is 4.31. The predicted octanol–water partition coefficient (Wildman–Crippen LogP) is 4.89. The highest BCUT2D eigenvalue weighted by Crippen LogP contribution is 2.40. The Balaban J connectivity index is 2.52. The summed E-state index contributed by atoms with van der Waals surface area (Å²) in [7, 11) is 0. The van der Waals surface area contributed by atoms with Gasteiger partial charge in [-0.15, -0.1) is 0 Å². The summed E-state index contributed by atoms with van der Waals surface area (Å²) in [5, 5.41) is 0. The molecule has 1 aliphatic carbocycles. The van der Waals surface area contributed by atoms with Crippen LogP contribution >= 0.6 is 0 Å². The monoisotopic (exact) mass is 196 g/mol. The van der Waals surface area contributed by atoms with Crippen molar-refractivity contribution >= 4 is 0 Å². The minimum absolute atomic E-state index is 0.988. The van der Waals surface area contributed by atoms with Crippen LogP contribution in [-0.2, 0) is 0 Å². The maximum atomic E-state index is 2.48. The van der Waals surface area contributed by atoms with Gasteiger partial charge in [-0.1, -0.05) is 59.8 Å². The second-order valence-corrected chi connectivity index (χ2v) is 5.52. The molecule has 14 heavy (non-hydrogen) atoms. The lowest BCUT2D eigenvalue weighted by atomic mass is 9.68. The molecule has 0 heteroatoms. The largest absolute Gasteiger partial charge is 0.0654 e. The summed E-state index contributed by atoms with van der Waals surface area (Å²) in [6.07, 6.45) is 8.68. The smallest absolute Gasteiger partial charge is 0.0358 e. The molecule has 0 aromatic carbocycles. The van der Waals surface area contributed by atoms with Gasteiger partial charge in [0.15, 0.2) is 0 Å². The normalized spacial score (nSPS) is 35.6. The fourth-order valence-electron chi connectivity index (χ4n) is 3.33. The summed E-state index contributed by atoms with van der Waals surface area (Å²) >= 11 is 0. The van der Waals surface area contributed by atoms with Crippen LogP contribution < -0.4 is 0 Å². The van der Waals surface area contributed by atoms with E-state index in [1.165, 1.54) is 38.5 Å². The molecule has 0 aromatic rings. The molecule has 0 amide bonds. The van der Waals surface area contributed by atoms with E-state index in [9.17, 15) is 0 Å². The zero-order valence-corrected chi connectivity index (χ0v) is 10.6. The summed E-state index contributed by atoms with van der Waals surface area (Å²) in [5.74, 6) is 4.02. The Hall–Kier alpha value is 0. The standard InChI is InChI=1S/C14H28/c1-5-7-13(6-2)14-10-11(3)8-9-12(14)4/h11-14H,5-10H2,1-4H3. The molecule has 4 atom stereocenters. The third-order valence-corrected chi connectivity index (χ3v) is 4.31. The molecule has 1 aliphatic rings. The maximum Gasteiger partial charge on any atom is -0.0358 e. The molecule has 0 saturated heterocycles. The highest BCUT2D eigenvalue weighted by molar-refractivity contribution is 4.80. The van der Waals surface area contributed by atoms with Gasteiger partial charge < -0.3 is 0 Å². The SMILES string of the molecule is CCCC(CC)C1CC(C)CCC1C. The number of rotatable bonds is 4. The Morgan fingerprint density at radius 3 is 2.43 bits per heavy atom. The molecule has 1 fully saturated rings. The first-order valence-corrected chi connectivity index (χ1v) is 6.69. The Morgan fingerprint density at radius 2 is 1.86 bits per heavy atom. The van der Waals surface area contributed by atoms with Crippen molar-refractivity contribution in [1.82, 2.24) is 0 Å². The van der Waals surface area contributed by atoms with E-state index in [1.54, 1.807) is 0 Å². The van der Waals surface area contributed by atoms with Crippen LogP contribution in [-0.4, -0.2) is 0 Å². The minimum Gasteiger partial charge on any atom is -0.0654 e. The molecule has 0 aliphatic heterocycles. The van der Waals surface area contributed by atoms with Crippen LogP contribution in [0.15, 0.2) is 0 Å². The molecule has 4 unspecified atom stereocenters. The predicted molar refractivity (Wildman–Crippen MR) is 64.4 cm³/mol. The lowest BCUT2D eigenvalue weighted by molar-refractivity contribution is 0.128. The van der Waals surface area contributed by atoms with Gasteiger partial charge in [0, 0.05) is 0 Å². The molecule has 0 heterocycles. The van der Waals surface area contributed by atoms with Gasteiger partial charge in [-0.05, 0) is 30.1 Å². The second-order valence-electron chi connectivity index (χ2n) is 5.52. The van der Waals surface area contributed by atoms with Gasteiger partial charge in [0.05, 0.1) is 0 Å². The van der Waals surface area contributed by atoms with Crippen LogP contribution in [0.25, 0.3) is 0 Å². The van der Waals surface area contributed by atoms with Gasteiger partial charge in [0.2, 0.25) is 0 Å². The molecule has 0 spiro atoms. The lowest BCUT2D eigenvalue weighted by Gasteiger charge is -2.38. The summed E-state index contributed by atoms with van der Waals surface area (Å²) < 4.78 is 0. The highest BCUT2D eigenvalue weighted by Gasteiger charge is 2.30. The van der Waals surface area contributed by atoms with E-state index < -0.39 is 0 Å². The fraction of sp³-hybridized carbons (Fsp3) is 1.00. The molecule has 0 aromatic heterocycles. The first-order chi connectivity index (χ1) is 6.69. The van der Waals surface area contributed by atoms with Gasteiger partial charge in [-0.2, -0.15) is 0 Å². The summed E-state index contributed by atoms with van der Waals surface area (Å²) in [6, 6.07) is 0. The third kappa shape index (κ3) is 3.00. The van der Waals surface area contributed by atoms with Crippen LogP contribution in [0.5, 0.6) is 0 Å². The second kappa shape index (κ2) is 5.78. The first-order valence-electron chi connectivity index (χ1n) is 6.69. The minimum atomic E-state index is 0.988. The van der Waals surface area contributed by atoms with Gasteiger partial charge in [-0.25, -0.2) is 0 Å². The fourth-order valence-corrected chi connectivity index (χ4v) is 3.33. The van der Waals surface area contributed by atoms with Crippen molar-refractivity contribution in [1.29, 1.82) is 0 Å². The highest BCUT2D eigenvalue weighted by atomic mass is 14.4. The van der Waals surface area contributed by atoms with E-state index in [0.717, 1.165) is 23.7 Å². The van der Waals surface area contributed by atoms with E-state index >= 15 is 0 Å². The van der Waals surface area contributed by atoms with Gasteiger partial charge in [-0.3, -0.25) is 0 Å². The van der Waals surface area contributed by atoms with Crippen LogP contribution in [0, 0.1) is 23.7 Å². The van der Waals surface area contributed by atoms with Crippen molar-refractivity contribution < 1.29 is 0 Å². The molecule has 0 bridgehead atoms. The average molecular weight is 196 g/mol. The average Bonchev–Trinajstić information content (AvgIpc) is 2.18. The maximum absolute atomic E-state index is 2.48. The Kier molecular flexibility index (Phi) is 4.98. The topological polar surface area (TPSA) is 0 Å². The Bertz CT molecular complexity index is 150. The zero-order valence-electron chi connectivity index (χ0n) is 10.6. The van der Waals surface area contributed by atoms with E-state index in [1.807, 2.05) is 0 Å². The van der Waals surface area contributed by atoms with Crippen LogP contribution in [0.4, 0.5) is 0 Å².